The SMILES string of the molecule is C=CCNC(=O)C(=O)Nc1ccc(N2CCN(C)CC2)cc1. The predicted octanol–water partition coefficient (Wildman–Crippen LogP) is 0.679. The van der Waals surface area contributed by atoms with Crippen LogP contribution in [0.4, 0.5) is 11.4 Å². The first kappa shape index (κ1) is 16.0. The van der Waals surface area contributed by atoms with Gasteiger partial charge >= 0.3 is 11.8 Å². The standard InChI is InChI=1S/C16H22N4O2/c1-3-8-17-15(21)16(22)18-13-4-6-14(7-5-13)20-11-9-19(2)10-12-20/h3-7H,1,8-12H2,2H3,(H,17,21)(H,18,22). The summed E-state index contributed by atoms with van der Waals surface area (Å²) >= 11 is 0. The average Bonchev–Trinajstić information content (AvgIpc) is 2.54. The number of nitrogens with zero attached hydrogens (tertiary/aromatic N) is 2. The first-order valence-electron chi connectivity index (χ1n) is 7.34. The number of piperazine rings is 1. The number of likely N-dealkylation sites (N-methyl/N-ethyl adjacent to an activating group) is 1. The van der Waals surface area contributed by atoms with Gasteiger partial charge in [0, 0.05) is 44.1 Å². The monoisotopic (exact) mass is 302 g/mol. The van der Waals surface area contributed by atoms with Crippen LogP contribution in [-0.2, 0) is 9.59 Å². The molecule has 1 aliphatic rings. The second-order valence-corrected chi connectivity index (χ2v) is 5.29. The molecule has 1 heterocycles. The van der Waals surface area contributed by atoms with Gasteiger partial charge < -0.3 is 20.4 Å². The van der Waals surface area contributed by atoms with Crippen LogP contribution in [0.15, 0.2) is 36.9 Å². The Bertz CT molecular complexity index is 534. The van der Waals surface area contributed by atoms with Crippen LogP contribution < -0.4 is 15.5 Å². The van der Waals surface area contributed by atoms with Crippen molar-refractivity contribution < 1.29 is 9.59 Å². The van der Waals surface area contributed by atoms with E-state index < -0.39 is 11.8 Å². The van der Waals surface area contributed by atoms with Gasteiger partial charge in [0.2, 0.25) is 0 Å². The van der Waals surface area contributed by atoms with Crippen molar-refractivity contribution >= 4 is 23.2 Å². The summed E-state index contributed by atoms with van der Waals surface area (Å²) in [6.07, 6.45) is 1.52. The van der Waals surface area contributed by atoms with Crippen LogP contribution in [0.5, 0.6) is 0 Å². The van der Waals surface area contributed by atoms with Gasteiger partial charge in [0.05, 0.1) is 0 Å². The van der Waals surface area contributed by atoms with Gasteiger partial charge in [0.25, 0.3) is 0 Å². The molecule has 1 aromatic rings. The lowest BCUT2D eigenvalue weighted by atomic mass is 10.2. The van der Waals surface area contributed by atoms with Gasteiger partial charge in [-0.15, -0.1) is 6.58 Å². The zero-order valence-corrected chi connectivity index (χ0v) is 12.8. The molecule has 0 aliphatic carbocycles. The highest BCUT2D eigenvalue weighted by Gasteiger charge is 2.15. The first-order valence-corrected chi connectivity index (χ1v) is 7.34. The summed E-state index contributed by atoms with van der Waals surface area (Å²) in [6.45, 7) is 7.82. The van der Waals surface area contributed by atoms with E-state index in [2.05, 4.69) is 34.1 Å². The number of carbonyl (C=O) groups excluding carboxylic acids is 2. The summed E-state index contributed by atoms with van der Waals surface area (Å²) in [6, 6.07) is 7.55. The van der Waals surface area contributed by atoms with E-state index in [-0.39, 0.29) is 6.54 Å². The van der Waals surface area contributed by atoms with Crippen molar-refractivity contribution in [3.05, 3.63) is 36.9 Å². The van der Waals surface area contributed by atoms with Gasteiger partial charge in [-0.2, -0.15) is 0 Å². The minimum absolute atomic E-state index is 0.272. The molecule has 22 heavy (non-hydrogen) atoms. The number of hydrogen-bond donors (Lipinski definition) is 2. The molecule has 0 radical (unpaired) electrons. The smallest absolute Gasteiger partial charge is 0.313 e. The first-order chi connectivity index (χ1) is 10.6. The van der Waals surface area contributed by atoms with Crippen molar-refractivity contribution in [3.63, 3.8) is 0 Å². The van der Waals surface area contributed by atoms with Gasteiger partial charge in [0.1, 0.15) is 0 Å². The molecule has 0 unspecified atom stereocenters. The molecule has 0 atom stereocenters. The Hall–Kier alpha value is -2.34. The van der Waals surface area contributed by atoms with Crippen molar-refractivity contribution in [2.24, 2.45) is 0 Å². The lowest BCUT2D eigenvalue weighted by Crippen LogP contribution is -2.44. The molecule has 1 aromatic carbocycles. The van der Waals surface area contributed by atoms with Gasteiger partial charge in [-0.05, 0) is 31.3 Å². The third kappa shape index (κ3) is 4.33. The van der Waals surface area contributed by atoms with Crippen molar-refractivity contribution in [3.8, 4) is 0 Å². The fraction of sp³-hybridized carbons (Fsp3) is 0.375. The van der Waals surface area contributed by atoms with E-state index in [1.54, 1.807) is 0 Å². The summed E-state index contributed by atoms with van der Waals surface area (Å²) in [7, 11) is 2.12. The maximum Gasteiger partial charge on any atom is 0.313 e. The average molecular weight is 302 g/mol. The van der Waals surface area contributed by atoms with Gasteiger partial charge in [-0.1, -0.05) is 6.08 Å². The largest absolute Gasteiger partial charge is 0.369 e. The van der Waals surface area contributed by atoms with Gasteiger partial charge in [-0.25, -0.2) is 0 Å². The molecule has 1 fully saturated rings. The van der Waals surface area contributed by atoms with Crippen molar-refractivity contribution in [1.82, 2.24) is 10.2 Å². The quantitative estimate of drug-likeness (QED) is 0.634. The highest BCUT2D eigenvalue weighted by molar-refractivity contribution is 6.39. The van der Waals surface area contributed by atoms with E-state index in [0.29, 0.717) is 5.69 Å². The molecule has 0 saturated carbocycles. The predicted molar refractivity (Wildman–Crippen MR) is 88.0 cm³/mol. The summed E-state index contributed by atoms with van der Waals surface area (Å²) in [5.74, 6) is -1.34. The van der Waals surface area contributed by atoms with E-state index in [0.717, 1.165) is 31.9 Å². The number of benzene rings is 1. The zero-order chi connectivity index (χ0) is 15.9. The lowest BCUT2D eigenvalue weighted by Gasteiger charge is -2.34. The van der Waals surface area contributed by atoms with E-state index in [1.165, 1.54) is 6.08 Å². The fourth-order valence-electron chi connectivity index (χ4n) is 2.25. The summed E-state index contributed by atoms with van der Waals surface area (Å²) in [5, 5.41) is 5.01. The molecule has 2 N–H and O–H groups in total. The maximum atomic E-state index is 11.7. The third-order valence-corrected chi connectivity index (χ3v) is 3.61. The summed E-state index contributed by atoms with van der Waals surface area (Å²) in [4.78, 5) is 27.7. The van der Waals surface area contributed by atoms with Crippen LogP contribution in [0.25, 0.3) is 0 Å². The van der Waals surface area contributed by atoms with Gasteiger partial charge in [0.15, 0.2) is 0 Å². The second kappa shape index (κ2) is 7.61. The minimum Gasteiger partial charge on any atom is -0.369 e. The van der Waals surface area contributed by atoms with Gasteiger partial charge in [-0.3, -0.25) is 9.59 Å². The Labute approximate surface area is 130 Å². The zero-order valence-electron chi connectivity index (χ0n) is 12.8. The van der Waals surface area contributed by atoms with Crippen molar-refractivity contribution in [1.29, 1.82) is 0 Å². The Morgan fingerprint density at radius 3 is 2.36 bits per heavy atom. The molecular weight excluding hydrogens is 280 g/mol. The lowest BCUT2D eigenvalue weighted by molar-refractivity contribution is -0.136. The third-order valence-electron chi connectivity index (χ3n) is 3.61. The normalized spacial score (nSPS) is 15.2. The second-order valence-electron chi connectivity index (χ2n) is 5.29. The molecule has 0 bridgehead atoms. The van der Waals surface area contributed by atoms with Crippen molar-refractivity contribution in [2.45, 2.75) is 0 Å². The number of anilines is 2. The van der Waals surface area contributed by atoms with E-state index >= 15 is 0 Å². The molecule has 0 spiro atoms. The van der Waals surface area contributed by atoms with Crippen LogP contribution in [0.3, 0.4) is 0 Å². The molecule has 6 nitrogen and oxygen atoms in total. The van der Waals surface area contributed by atoms with Crippen LogP contribution >= 0.6 is 0 Å². The Morgan fingerprint density at radius 1 is 1.14 bits per heavy atom. The topological polar surface area (TPSA) is 64.7 Å². The molecule has 2 amide bonds. The van der Waals surface area contributed by atoms with Crippen LogP contribution in [0.2, 0.25) is 0 Å². The highest BCUT2D eigenvalue weighted by Crippen LogP contribution is 2.19. The minimum atomic E-state index is -0.672. The Balaban J connectivity index is 1.90. The number of amides is 2. The number of carbonyl (C=O) groups is 2. The molecule has 118 valence electrons. The Kier molecular flexibility index (Phi) is 5.55. The van der Waals surface area contributed by atoms with E-state index in [4.69, 9.17) is 0 Å². The number of hydrogen-bond acceptors (Lipinski definition) is 4. The van der Waals surface area contributed by atoms with Crippen LogP contribution in [-0.4, -0.2) is 56.5 Å². The Morgan fingerprint density at radius 2 is 1.77 bits per heavy atom. The summed E-state index contributed by atoms with van der Waals surface area (Å²) < 4.78 is 0. The number of nitrogens with one attached hydrogen (secondary N) is 2. The molecule has 1 saturated heterocycles. The van der Waals surface area contributed by atoms with E-state index in [1.807, 2.05) is 24.3 Å². The molecule has 0 aromatic heterocycles. The molecule has 1 aliphatic heterocycles. The van der Waals surface area contributed by atoms with Crippen molar-refractivity contribution in [2.75, 3.05) is 50.0 Å². The fourth-order valence-corrected chi connectivity index (χ4v) is 2.25. The maximum absolute atomic E-state index is 11.7. The molecular formula is C16H22N4O2. The van der Waals surface area contributed by atoms with Crippen LogP contribution in [0.1, 0.15) is 0 Å². The van der Waals surface area contributed by atoms with Crippen LogP contribution in [0, 0.1) is 0 Å². The number of rotatable bonds is 4. The molecule has 2 rings (SSSR count). The van der Waals surface area contributed by atoms with E-state index in [9.17, 15) is 9.59 Å². The highest BCUT2D eigenvalue weighted by atomic mass is 16.2. The molecule has 6 heteroatoms. The summed E-state index contributed by atoms with van der Waals surface area (Å²) in [5.41, 5.74) is 1.74.